The number of ether oxygens (including phenoxy) is 2. The fraction of sp³-hybridized carbons (Fsp3) is 0.286. The van der Waals surface area contributed by atoms with Crippen LogP contribution >= 0.6 is 0 Å². The quantitative estimate of drug-likeness (QED) is 0.690. The van der Waals surface area contributed by atoms with Gasteiger partial charge in [0.25, 0.3) is 5.56 Å². The van der Waals surface area contributed by atoms with Crippen LogP contribution in [0.5, 0.6) is 11.5 Å². The molecule has 8 nitrogen and oxygen atoms in total. The number of para-hydroxylation sites is 1. The lowest BCUT2D eigenvalue weighted by Crippen LogP contribution is -2.40. The van der Waals surface area contributed by atoms with Crippen LogP contribution in [0.4, 0.5) is 5.95 Å². The van der Waals surface area contributed by atoms with Gasteiger partial charge in [-0.15, -0.1) is 0 Å². The number of anilines is 1. The molecule has 2 heterocycles. The smallest absolute Gasteiger partial charge is 0.281 e. The van der Waals surface area contributed by atoms with Crippen molar-refractivity contribution in [2.75, 3.05) is 30.2 Å². The molecule has 1 aliphatic rings. The summed E-state index contributed by atoms with van der Waals surface area (Å²) in [6.07, 6.45) is 0.0909. The molecule has 0 bridgehead atoms. The molecule has 0 saturated carbocycles. The molecule has 0 spiro atoms. The van der Waals surface area contributed by atoms with E-state index in [1.807, 2.05) is 24.8 Å². The molecule has 3 aromatic rings. The average Bonchev–Trinajstić information content (AvgIpc) is 3.19. The Balaban J connectivity index is 1.67. The first kappa shape index (κ1) is 18.8. The van der Waals surface area contributed by atoms with Crippen LogP contribution in [-0.2, 0) is 11.2 Å². The lowest BCUT2D eigenvalue weighted by atomic mass is 10.1. The lowest BCUT2D eigenvalue weighted by Gasteiger charge is -2.24. The fourth-order valence-electron chi connectivity index (χ4n) is 3.34. The second kappa shape index (κ2) is 7.83. The second-order valence-electron chi connectivity index (χ2n) is 6.64. The standard InChI is InChI=1S/C21H22N4O4/c1-3-24(4-2)21-22-16-8-6-5-7-15(16)20(27)25(21)23-19(26)12-14-9-10-17-18(11-14)29-13-28-17/h5-11H,3-4,12-13H2,1-2H3,(H,23,26). The van der Waals surface area contributed by atoms with Crippen LogP contribution < -0.4 is 25.4 Å². The Labute approximate surface area is 167 Å². The van der Waals surface area contributed by atoms with E-state index in [0.717, 1.165) is 5.56 Å². The molecule has 29 heavy (non-hydrogen) atoms. The number of benzene rings is 2. The third kappa shape index (κ3) is 3.61. The van der Waals surface area contributed by atoms with Crippen molar-refractivity contribution in [1.29, 1.82) is 0 Å². The Morgan fingerprint density at radius 3 is 2.69 bits per heavy atom. The summed E-state index contributed by atoms with van der Waals surface area (Å²) >= 11 is 0. The maximum atomic E-state index is 13.1. The van der Waals surface area contributed by atoms with E-state index < -0.39 is 0 Å². The zero-order valence-corrected chi connectivity index (χ0v) is 16.3. The third-order valence-electron chi connectivity index (χ3n) is 4.84. The van der Waals surface area contributed by atoms with E-state index in [0.29, 0.717) is 41.4 Å². The number of aromatic nitrogens is 2. The van der Waals surface area contributed by atoms with Crippen LogP contribution in [0.2, 0.25) is 0 Å². The maximum Gasteiger partial charge on any atom is 0.281 e. The summed E-state index contributed by atoms with van der Waals surface area (Å²) in [5.41, 5.74) is 3.78. The van der Waals surface area contributed by atoms with E-state index in [1.54, 1.807) is 36.4 Å². The van der Waals surface area contributed by atoms with Crippen LogP contribution in [0, 0.1) is 0 Å². The summed E-state index contributed by atoms with van der Waals surface area (Å²) in [6, 6.07) is 12.5. The highest BCUT2D eigenvalue weighted by atomic mass is 16.7. The lowest BCUT2D eigenvalue weighted by molar-refractivity contribution is -0.116. The van der Waals surface area contributed by atoms with Crippen molar-refractivity contribution in [3.8, 4) is 11.5 Å². The monoisotopic (exact) mass is 394 g/mol. The Morgan fingerprint density at radius 2 is 1.90 bits per heavy atom. The number of fused-ring (bicyclic) bond motifs is 2. The summed E-state index contributed by atoms with van der Waals surface area (Å²) in [4.78, 5) is 32.4. The summed E-state index contributed by atoms with van der Waals surface area (Å²) in [6.45, 7) is 5.43. The molecule has 1 amide bonds. The minimum Gasteiger partial charge on any atom is -0.454 e. The summed E-state index contributed by atoms with van der Waals surface area (Å²) in [7, 11) is 0. The third-order valence-corrected chi connectivity index (χ3v) is 4.84. The molecule has 4 rings (SSSR count). The normalized spacial score (nSPS) is 12.2. The van der Waals surface area contributed by atoms with Crippen LogP contribution in [0.25, 0.3) is 10.9 Å². The molecular weight excluding hydrogens is 372 g/mol. The van der Waals surface area contributed by atoms with Crippen molar-refractivity contribution in [2.24, 2.45) is 0 Å². The van der Waals surface area contributed by atoms with Gasteiger partial charge in [-0.25, -0.2) is 4.98 Å². The highest BCUT2D eigenvalue weighted by Gasteiger charge is 2.18. The van der Waals surface area contributed by atoms with E-state index >= 15 is 0 Å². The van der Waals surface area contributed by atoms with Crippen LogP contribution in [0.15, 0.2) is 47.3 Å². The number of hydrogen-bond acceptors (Lipinski definition) is 6. The zero-order valence-electron chi connectivity index (χ0n) is 16.3. The first-order chi connectivity index (χ1) is 14.1. The number of carbonyl (C=O) groups is 1. The molecule has 2 aromatic carbocycles. The molecule has 1 aromatic heterocycles. The SMILES string of the molecule is CCN(CC)c1nc2ccccc2c(=O)n1NC(=O)Cc1ccc2c(c1)OCO2. The van der Waals surface area contributed by atoms with E-state index in [-0.39, 0.29) is 24.7 Å². The van der Waals surface area contributed by atoms with Gasteiger partial charge >= 0.3 is 0 Å². The Bertz CT molecular complexity index is 1120. The number of rotatable bonds is 6. The molecule has 0 aliphatic carbocycles. The largest absolute Gasteiger partial charge is 0.454 e. The Hall–Kier alpha value is -3.55. The van der Waals surface area contributed by atoms with Crippen molar-refractivity contribution in [3.63, 3.8) is 0 Å². The zero-order chi connectivity index (χ0) is 20.4. The van der Waals surface area contributed by atoms with Crippen molar-refractivity contribution < 1.29 is 14.3 Å². The van der Waals surface area contributed by atoms with Crippen molar-refractivity contribution in [1.82, 2.24) is 9.66 Å². The number of nitrogens with zero attached hydrogens (tertiary/aromatic N) is 3. The average molecular weight is 394 g/mol. The minimum absolute atomic E-state index is 0.0909. The van der Waals surface area contributed by atoms with Crippen molar-refractivity contribution >= 4 is 22.8 Å². The molecule has 0 saturated heterocycles. The topological polar surface area (TPSA) is 85.7 Å². The van der Waals surface area contributed by atoms with Gasteiger partial charge in [0.1, 0.15) is 0 Å². The maximum absolute atomic E-state index is 13.1. The number of nitrogens with one attached hydrogen (secondary N) is 1. The summed E-state index contributed by atoms with van der Waals surface area (Å²) in [5.74, 6) is 1.37. The van der Waals surface area contributed by atoms with Gasteiger partial charge in [-0.05, 0) is 43.7 Å². The van der Waals surface area contributed by atoms with E-state index in [1.165, 1.54) is 4.68 Å². The molecule has 0 unspecified atom stereocenters. The number of hydrogen-bond donors (Lipinski definition) is 1. The number of amides is 1. The molecule has 1 N–H and O–H groups in total. The van der Waals surface area contributed by atoms with E-state index in [4.69, 9.17) is 9.47 Å². The van der Waals surface area contributed by atoms with Crippen molar-refractivity contribution in [2.45, 2.75) is 20.3 Å². The molecule has 1 aliphatic heterocycles. The molecule has 150 valence electrons. The van der Waals surface area contributed by atoms with Crippen LogP contribution in [0.1, 0.15) is 19.4 Å². The van der Waals surface area contributed by atoms with Gasteiger partial charge in [-0.2, -0.15) is 4.68 Å². The fourth-order valence-corrected chi connectivity index (χ4v) is 3.34. The van der Waals surface area contributed by atoms with Gasteiger partial charge in [0, 0.05) is 13.1 Å². The predicted octanol–water partition coefficient (Wildman–Crippen LogP) is 2.28. The molecule has 8 heteroatoms. The Morgan fingerprint density at radius 1 is 1.14 bits per heavy atom. The van der Waals surface area contributed by atoms with Gasteiger partial charge in [-0.3, -0.25) is 15.0 Å². The van der Waals surface area contributed by atoms with Gasteiger partial charge in [0.05, 0.1) is 17.3 Å². The van der Waals surface area contributed by atoms with Gasteiger partial charge in [0.2, 0.25) is 18.6 Å². The first-order valence-corrected chi connectivity index (χ1v) is 9.55. The van der Waals surface area contributed by atoms with E-state index in [9.17, 15) is 9.59 Å². The first-order valence-electron chi connectivity index (χ1n) is 9.55. The highest BCUT2D eigenvalue weighted by molar-refractivity contribution is 5.87. The van der Waals surface area contributed by atoms with Crippen LogP contribution in [-0.4, -0.2) is 35.4 Å². The molecule has 0 fully saturated rings. The summed E-state index contributed by atoms with van der Waals surface area (Å²) < 4.78 is 11.9. The van der Waals surface area contributed by atoms with E-state index in [2.05, 4.69) is 10.4 Å². The van der Waals surface area contributed by atoms with Gasteiger partial charge in [0.15, 0.2) is 11.5 Å². The molecular formula is C21H22N4O4. The summed E-state index contributed by atoms with van der Waals surface area (Å²) in [5, 5.41) is 0.451. The predicted molar refractivity (Wildman–Crippen MR) is 110 cm³/mol. The number of carbonyl (C=O) groups excluding carboxylic acids is 1. The minimum atomic E-state index is -0.323. The van der Waals surface area contributed by atoms with Crippen LogP contribution in [0.3, 0.4) is 0 Å². The van der Waals surface area contributed by atoms with Gasteiger partial charge < -0.3 is 14.4 Å². The van der Waals surface area contributed by atoms with Gasteiger partial charge in [-0.1, -0.05) is 18.2 Å². The van der Waals surface area contributed by atoms with Crippen molar-refractivity contribution in [3.05, 3.63) is 58.4 Å². The highest BCUT2D eigenvalue weighted by Crippen LogP contribution is 2.32. The molecule has 0 radical (unpaired) electrons. The molecule has 0 atom stereocenters. The Kier molecular flexibility index (Phi) is 5.07. The second-order valence-corrected chi connectivity index (χ2v) is 6.64.